The molecule has 0 radical (unpaired) electrons. The number of nitrogens with one attached hydrogen (secondary N) is 1. The predicted octanol–water partition coefficient (Wildman–Crippen LogP) is 3.76. The minimum absolute atomic E-state index is 0.328. The summed E-state index contributed by atoms with van der Waals surface area (Å²) in [6.45, 7) is 16.4. The Labute approximate surface area is 95.3 Å². The lowest BCUT2D eigenvalue weighted by atomic mass is 9.73. The molecule has 0 saturated heterocycles. The van der Waals surface area contributed by atoms with Crippen molar-refractivity contribution in [2.75, 3.05) is 13.1 Å². The van der Waals surface area contributed by atoms with Gasteiger partial charge in [0.1, 0.15) is 0 Å². The highest BCUT2D eigenvalue weighted by atomic mass is 14.8. The lowest BCUT2D eigenvalue weighted by Gasteiger charge is -2.32. The second-order valence-electron chi connectivity index (χ2n) is 6.71. The van der Waals surface area contributed by atoms with E-state index in [-0.39, 0.29) is 0 Å². The Morgan fingerprint density at radius 3 is 1.33 bits per heavy atom. The van der Waals surface area contributed by atoms with E-state index in [2.05, 4.69) is 46.9 Å². The SMILES string of the molecule is CC(C)(C)C1=C(C(C)(C)C)CCNCC1. The summed E-state index contributed by atoms with van der Waals surface area (Å²) in [5.41, 5.74) is 4.02. The van der Waals surface area contributed by atoms with Crippen LogP contribution in [0.25, 0.3) is 0 Å². The molecule has 1 aliphatic heterocycles. The van der Waals surface area contributed by atoms with Crippen molar-refractivity contribution in [2.45, 2.75) is 54.4 Å². The predicted molar refractivity (Wildman–Crippen MR) is 68.0 cm³/mol. The van der Waals surface area contributed by atoms with E-state index in [1.165, 1.54) is 12.8 Å². The second kappa shape index (κ2) is 4.29. The fourth-order valence-electron chi connectivity index (χ4n) is 2.51. The molecule has 0 amide bonds. The van der Waals surface area contributed by atoms with Gasteiger partial charge in [0, 0.05) is 0 Å². The lowest BCUT2D eigenvalue weighted by molar-refractivity contribution is 0.427. The normalized spacial score (nSPS) is 20.4. The molecular formula is C14H27N. The van der Waals surface area contributed by atoms with Gasteiger partial charge in [0.15, 0.2) is 0 Å². The van der Waals surface area contributed by atoms with Gasteiger partial charge in [0.25, 0.3) is 0 Å². The van der Waals surface area contributed by atoms with Crippen molar-refractivity contribution in [3.05, 3.63) is 11.1 Å². The summed E-state index contributed by atoms with van der Waals surface area (Å²) in [6, 6.07) is 0. The molecule has 1 nitrogen and oxygen atoms in total. The van der Waals surface area contributed by atoms with Gasteiger partial charge in [0.05, 0.1) is 0 Å². The highest BCUT2D eigenvalue weighted by molar-refractivity contribution is 5.26. The summed E-state index contributed by atoms with van der Waals surface area (Å²) in [5.74, 6) is 0. The van der Waals surface area contributed by atoms with Crippen LogP contribution in [0.1, 0.15) is 54.4 Å². The van der Waals surface area contributed by atoms with E-state index < -0.39 is 0 Å². The molecule has 0 aliphatic carbocycles. The maximum Gasteiger partial charge on any atom is -0.00112 e. The van der Waals surface area contributed by atoms with Crippen molar-refractivity contribution in [2.24, 2.45) is 10.8 Å². The number of hydrogen-bond donors (Lipinski definition) is 1. The highest BCUT2D eigenvalue weighted by Gasteiger charge is 2.28. The zero-order chi connectivity index (χ0) is 11.7. The van der Waals surface area contributed by atoms with Crippen molar-refractivity contribution in [3.63, 3.8) is 0 Å². The maximum atomic E-state index is 3.51. The molecule has 0 unspecified atom stereocenters. The third-order valence-electron chi connectivity index (χ3n) is 3.28. The van der Waals surface area contributed by atoms with Crippen LogP contribution >= 0.6 is 0 Å². The largest absolute Gasteiger partial charge is 0.316 e. The molecule has 1 heteroatoms. The van der Waals surface area contributed by atoms with Crippen LogP contribution in [0.4, 0.5) is 0 Å². The summed E-state index contributed by atoms with van der Waals surface area (Å²) < 4.78 is 0. The van der Waals surface area contributed by atoms with Gasteiger partial charge in [-0.3, -0.25) is 0 Å². The smallest absolute Gasteiger partial charge is 0.00112 e. The van der Waals surface area contributed by atoms with Gasteiger partial charge in [-0.15, -0.1) is 0 Å². The van der Waals surface area contributed by atoms with Crippen molar-refractivity contribution >= 4 is 0 Å². The third-order valence-corrected chi connectivity index (χ3v) is 3.28. The fourth-order valence-corrected chi connectivity index (χ4v) is 2.51. The molecule has 88 valence electrons. The van der Waals surface area contributed by atoms with Crippen molar-refractivity contribution in [1.82, 2.24) is 5.32 Å². The first kappa shape index (κ1) is 12.8. The summed E-state index contributed by atoms with van der Waals surface area (Å²) in [6.07, 6.45) is 2.44. The summed E-state index contributed by atoms with van der Waals surface area (Å²) in [5, 5.41) is 3.51. The van der Waals surface area contributed by atoms with E-state index >= 15 is 0 Å². The molecule has 0 fully saturated rings. The van der Waals surface area contributed by atoms with Gasteiger partial charge in [-0.25, -0.2) is 0 Å². The Morgan fingerprint density at radius 1 is 0.733 bits per heavy atom. The van der Waals surface area contributed by atoms with Crippen LogP contribution in [-0.4, -0.2) is 13.1 Å². The van der Waals surface area contributed by atoms with E-state index in [0.717, 1.165) is 13.1 Å². The minimum atomic E-state index is 0.328. The molecule has 0 spiro atoms. The molecule has 1 aliphatic rings. The molecule has 0 aromatic rings. The Balaban J connectivity index is 3.13. The second-order valence-corrected chi connectivity index (χ2v) is 6.71. The monoisotopic (exact) mass is 209 g/mol. The molecule has 0 atom stereocenters. The first-order valence-corrected chi connectivity index (χ1v) is 6.16. The van der Waals surface area contributed by atoms with E-state index in [4.69, 9.17) is 0 Å². The molecule has 0 bridgehead atoms. The highest BCUT2D eigenvalue weighted by Crippen LogP contribution is 2.40. The standard InChI is InChI=1S/C14H27N/c1-13(2,3)11-7-9-15-10-8-12(11)14(4,5)6/h15H,7-10H2,1-6H3. The lowest BCUT2D eigenvalue weighted by Crippen LogP contribution is -2.19. The van der Waals surface area contributed by atoms with Crippen LogP contribution in [0.2, 0.25) is 0 Å². The van der Waals surface area contributed by atoms with Crippen molar-refractivity contribution in [1.29, 1.82) is 0 Å². The van der Waals surface area contributed by atoms with Crippen molar-refractivity contribution < 1.29 is 0 Å². The van der Waals surface area contributed by atoms with Gasteiger partial charge in [-0.1, -0.05) is 52.7 Å². The Kier molecular flexibility index (Phi) is 3.65. The zero-order valence-electron chi connectivity index (χ0n) is 11.3. The molecular weight excluding hydrogens is 182 g/mol. The third kappa shape index (κ3) is 3.34. The molecule has 1 heterocycles. The van der Waals surface area contributed by atoms with Crippen LogP contribution in [0.15, 0.2) is 11.1 Å². The Hall–Kier alpha value is -0.300. The average molecular weight is 209 g/mol. The minimum Gasteiger partial charge on any atom is -0.316 e. The summed E-state index contributed by atoms with van der Waals surface area (Å²) >= 11 is 0. The molecule has 0 saturated carbocycles. The Bertz CT molecular complexity index is 221. The Morgan fingerprint density at radius 2 is 1.07 bits per heavy atom. The zero-order valence-corrected chi connectivity index (χ0v) is 11.3. The van der Waals surface area contributed by atoms with Crippen molar-refractivity contribution in [3.8, 4) is 0 Å². The first-order chi connectivity index (χ1) is 6.73. The summed E-state index contributed by atoms with van der Waals surface area (Å²) in [4.78, 5) is 0. The number of hydrogen-bond acceptors (Lipinski definition) is 1. The quantitative estimate of drug-likeness (QED) is 0.599. The molecule has 1 rings (SSSR count). The molecule has 15 heavy (non-hydrogen) atoms. The van der Waals surface area contributed by atoms with Gasteiger partial charge in [-0.05, 0) is 36.8 Å². The van der Waals surface area contributed by atoms with Crippen LogP contribution in [0.3, 0.4) is 0 Å². The van der Waals surface area contributed by atoms with Crippen LogP contribution in [0.5, 0.6) is 0 Å². The first-order valence-electron chi connectivity index (χ1n) is 6.16. The van der Waals surface area contributed by atoms with E-state index in [1.54, 1.807) is 11.1 Å². The van der Waals surface area contributed by atoms with Crippen LogP contribution in [0, 0.1) is 10.8 Å². The number of rotatable bonds is 0. The maximum absolute atomic E-state index is 3.51. The van der Waals surface area contributed by atoms with E-state index in [0.29, 0.717) is 10.8 Å². The van der Waals surface area contributed by atoms with Gasteiger partial charge in [-0.2, -0.15) is 0 Å². The average Bonchev–Trinajstić information content (AvgIpc) is 2.24. The topological polar surface area (TPSA) is 12.0 Å². The van der Waals surface area contributed by atoms with E-state index in [9.17, 15) is 0 Å². The molecule has 0 aromatic carbocycles. The van der Waals surface area contributed by atoms with E-state index in [1.807, 2.05) is 0 Å². The van der Waals surface area contributed by atoms with Gasteiger partial charge < -0.3 is 5.32 Å². The van der Waals surface area contributed by atoms with Gasteiger partial charge in [0.2, 0.25) is 0 Å². The van der Waals surface area contributed by atoms with Crippen LogP contribution in [-0.2, 0) is 0 Å². The molecule has 1 N–H and O–H groups in total. The van der Waals surface area contributed by atoms with Gasteiger partial charge >= 0.3 is 0 Å². The van der Waals surface area contributed by atoms with Crippen LogP contribution < -0.4 is 5.32 Å². The fraction of sp³-hybridized carbons (Fsp3) is 0.857. The summed E-state index contributed by atoms with van der Waals surface area (Å²) in [7, 11) is 0. The molecule has 0 aromatic heterocycles.